The molecular weight excluding hydrogens is 210 g/mol. The summed E-state index contributed by atoms with van der Waals surface area (Å²) in [5.41, 5.74) is 10.9. The zero-order chi connectivity index (χ0) is 12.0. The lowest BCUT2D eigenvalue weighted by Crippen LogP contribution is -2.11. The molecule has 17 heavy (non-hydrogen) atoms. The quantitative estimate of drug-likeness (QED) is 0.793. The van der Waals surface area contributed by atoms with Crippen molar-refractivity contribution in [2.75, 3.05) is 0 Å². The molecule has 1 unspecified atom stereocenters. The van der Waals surface area contributed by atoms with Crippen LogP contribution in [0.5, 0.6) is 0 Å². The highest BCUT2D eigenvalue weighted by Crippen LogP contribution is 2.44. The molecule has 2 N–H and O–H groups in total. The SMILES string of the molecule is CC1c2ccccc2-c2ccc(C(N)=O)cc21. The Morgan fingerprint density at radius 3 is 2.53 bits per heavy atom. The van der Waals surface area contributed by atoms with Crippen LogP contribution in [0.2, 0.25) is 0 Å². The van der Waals surface area contributed by atoms with Crippen LogP contribution >= 0.6 is 0 Å². The van der Waals surface area contributed by atoms with Gasteiger partial charge in [-0.1, -0.05) is 37.3 Å². The first-order valence-corrected chi connectivity index (χ1v) is 5.71. The van der Waals surface area contributed by atoms with Crippen molar-refractivity contribution in [2.45, 2.75) is 12.8 Å². The molecule has 1 atom stereocenters. The van der Waals surface area contributed by atoms with Gasteiger partial charge in [0.2, 0.25) is 5.91 Å². The van der Waals surface area contributed by atoms with E-state index in [-0.39, 0.29) is 5.91 Å². The van der Waals surface area contributed by atoms with Crippen LogP contribution in [0.15, 0.2) is 42.5 Å². The lowest BCUT2D eigenvalue weighted by atomic mass is 9.98. The molecule has 0 bridgehead atoms. The number of amides is 1. The predicted octanol–water partition coefficient (Wildman–Crippen LogP) is 2.92. The second-order valence-corrected chi connectivity index (χ2v) is 4.48. The van der Waals surface area contributed by atoms with E-state index in [4.69, 9.17) is 5.73 Å². The number of rotatable bonds is 1. The second kappa shape index (κ2) is 3.45. The van der Waals surface area contributed by atoms with Crippen LogP contribution in [0.3, 0.4) is 0 Å². The summed E-state index contributed by atoms with van der Waals surface area (Å²) in [6.07, 6.45) is 0. The zero-order valence-corrected chi connectivity index (χ0v) is 9.60. The van der Waals surface area contributed by atoms with Gasteiger partial charge in [-0.05, 0) is 34.4 Å². The van der Waals surface area contributed by atoms with Gasteiger partial charge in [0, 0.05) is 11.5 Å². The molecule has 0 saturated heterocycles. The molecule has 1 aliphatic carbocycles. The third kappa shape index (κ3) is 1.37. The molecule has 2 aromatic carbocycles. The third-order valence-corrected chi connectivity index (χ3v) is 3.52. The maximum absolute atomic E-state index is 11.2. The van der Waals surface area contributed by atoms with E-state index < -0.39 is 0 Å². The Morgan fingerprint density at radius 2 is 1.76 bits per heavy atom. The zero-order valence-electron chi connectivity index (χ0n) is 9.60. The Bertz CT molecular complexity index is 616. The van der Waals surface area contributed by atoms with Gasteiger partial charge in [0.05, 0.1) is 0 Å². The minimum absolute atomic E-state index is 0.334. The van der Waals surface area contributed by atoms with Crippen molar-refractivity contribution < 1.29 is 4.79 Å². The molecular formula is C15H13NO. The summed E-state index contributed by atoms with van der Waals surface area (Å²) in [6, 6.07) is 14.1. The van der Waals surface area contributed by atoms with E-state index in [0.717, 1.165) is 0 Å². The van der Waals surface area contributed by atoms with Crippen LogP contribution < -0.4 is 5.73 Å². The lowest BCUT2D eigenvalue weighted by molar-refractivity contribution is 0.1000. The first kappa shape index (κ1) is 10.1. The molecule has 0 radical (unpaired) electrons. The molecule has 3 rings (SSSR count). The molecule has 1 amide bonds. The number of carbonyl (C=O) groups excluding carboxylic acids is 1. The molecule has 84 valence electrons. The average Bonchev–Trinajstić information content (AvgIpc) is 2.64. The molecule has 0 fully saturated rings. The highest BCUT2D eigenvalue weighted by Gasteiger charge is 2.25. The van der Waals surface area contributed by atoms with Gasteiger partial charge >= 0.3 is 0 Å². The number of carbonyl (C=O) groups is 1. The van der Waals surface area contributed by atoms with Crippen molar-refractivity contribution in [1.82, 2.24) is 0 Å². The molecule has 0 aromatic heterocycles. The molecule has 2 nitrogen and oxygen atoms in total. The summed E-state index contributed by atoms with van der Waals surface area (Å²) >= 11 is 0. The van der Waals surface area contributed by atoms with Gasteiger partial charge < -0.3 is 5.73 Å². The first-order chi connectivity index (χ1) is 8.18. The maximum Gasteiger partial charge on any atom is 0.248 e. The lowest BCUT2D eigenvalue weighted by Gasteiger charge is -2.06. The standard InChI is InChI=1S/C15H13NO/c1-9-11-4-2-3-5-12(11)13-7-6-10(15(16)17)8-14(9)13/h2-9H,1H3,(H2,16,17). The molecule has 0 spiro atoms. The fourth-order valence-electron chi connectivity index (χ4n) is 2.61. The summed E-state index contributed by atoms with van der Waals surface area (Å²) in [7, 11) is 0. The highest BCUT2D eigenvalue weighted by atomic mass is 16.1. The van der Waals surface area contributed by atoms with Crippen LogP contribution in [-0.2, 0) is 0 Å². The largest absolute Gasteiger partial charge is 0.366 e. The van der Waals surface area contributed by atoms with E-state index in [1.807, 2.05) is 18.2 Å². The maximum atomic E-state index is 11.2. The van der Waals surface area contributed by atoms with Crippen molar-refractivity contribution in [1.29, 1.82) is 0 Å². The van der Waals surface area contributed by atoms with Gasteiger partial charge in [-0.25, -0.2) is 0 Å². The number of benzene rings is 2. The Morgan fingerprint density at radius 1 is 1.06 bits per heavy atom. The molecule has 2 heteroatoms. The highest BCUT2D eigenvalue weighted by molar-refractivity contribution is 5.94. The average molecular weight is 223 g/mol. The molecule has 0 heterocycles. The van der Waals surface area contributed by atoms with E-state index in [0.29, 0.717) is 11.5 Å². The minimum atomic E-state index is -0.365. The van der Waals surface area contributed by atoms with E-state index >= 15 is 0 Å². The van der Waals surface area contributed by atoms with E-state index in [2.05, 4.69) is 25.1 Å². The normalized spacial score (nSPS) is 16.4. The minimum Gasteiger partial charge on any atom is -0.366 e. The van der Waals surface area contributed by atoms with Gasteiger partial charge in [0.1, 0.15) is 0 Å². The summed E-state index contributed by atoms with van der Waals surface area (Å²) in [5, 5.41) is 0. The summed E-state index contributed by atoms with van der Waals surface area (Å²) in [5.74, 6) is -0.0311. The smallest absolute Gasteiger partial charge is 0.248 e. The van der Waals surface area contributed by atoms with E-state index in [1.54, 1.807) is 6.07 Å². The number of fused-ring (bicyclic) bond motifs is 3. The van der Waals surface area contributed by atoms with Gasteiger partial charge in [0.15, 0.2) is 0 Å². The fraction of sp³-hybridized carbons (Fsp3) is 0.133. The van der Waals surface area contributed by atoms with Crippen LogP contribution in [0.25, 0.3) is 11.1 Å². The fourth-order valence-corrected chi connectivity index (χ4v) is 2.61. The summed E-state index contributed by atoms with van der Waals surface area (Å²) in [6.45, 7) is 2.16. The Kier molecular flexibility index (Phi) is 2.05. The number of nitrogens with two attached hydrogens (primary N) is 1. The monoisotopic (exact) mass is 223 g/mol. The topological polar surface area (TPSA) is 43.1 Å². The van der Waals surface area contributed by atoms with Gasteiger partial charge in [0.25, 0.3) is 0 Å². The molecule has 2 aromatic rings. The Hall–Kier alpha value is -2.09. The third-order valence-electron chi connectivity index (χ3n) is 3.52. The summed E-state index contributed by atoms with van der Waals surface area (Å²) < 4.78 is 0. The van der Waals surface area contributed by atoms with Crippen molar-refractivity contribution in [3.63, 3.8) is 0 Å². The summed E-state index contributed by atoms with van der Waals surface area (Å²) in [4.78, 5) is 11.2. The van der Waals surface area contributed by atoms with Crippen molar-refractivity contribution in [3.05, 3.63) is 59.2 Å². The van der Waals surface area contributed by atoms with Crippen LogP contribution in [0.4, 0.5) is 0 Å². The van der Waals surface area contributed by atoms with E-state index in [9.17, 15) is 4.79 Å². The Balaban J connectivity index is 2.24. The van der Waals surface area contributed by atoms with Crippen LogP contribution in [0.1, 0.15) is 34.3 Å². The Labute approximate surface area is 100 Å². The predicted molar refractivity (Wildman–Crippen MR) is 67.9 cm³/mol. The van der Waals surface area contributed by atoms with Crippen molar-refractivity contribution >= 4 is 5.91 Å². The number of hydrogen-bond acceptors (Lipinski definition) is 1. The number of primary amides is 1. The van der Waals surface area contributed by atoms with Gasteiger partial charge in [-0.3, -0.25) is 4.79 Å². The second-order valence-electron chi connectivity index (χ2n) is 4.48. The molecule has 1 aliphatic rings. The van der Waals surface area contributed by atoms with Crippen molar-refractivity contribution in [2.24, 2.45) is 5.73 Å². The first-order valence-electron chi connectivity index (χ1n) is 5.71. The molecule has 0 saturated carbocycles. The molecule has 0 aliphatic heterocycles. The van der Waals surface area contributed by atoms with Gasteiger partial charge in [-0.15, -0.1) is 0 Å². The van der Waals surface area contributed by atoms with Crippen LogP contribution in [-0.4, -0.2) is 5.91 Å². The van der Waals surface area contributed by atoms with Crippen LogP contribution in [0, 0.1) is 0 Å². The van der Waals surface area contributed by atoms with E-state index in [1.165, 1.54) is 22.3 Å². The number of hydrogen-bond donors (Lipinski definition) is 1. The van der Waals surface area contributed by atoms with Gasteiger partial charge in [-0.2, -0.15) is 0 Å². The van der Waals surface area contributed by atoms with Crippen molar-refractivity contribution in [3.8, 4) is 11.1 Å².